The first-order valence-corrected chi connectivity index (χ1v) is 9.55. The van der Waals surface area contributed by atoms with Gasteiger partial charge in [0.15, 0.2) is 0 Å². The van der Waals surface area contributed by atoms with Gasteiger partial charge in [0.05, 0.1) is 24.1 Å². The highest BCUT2D eigenvalue weighted by molar-refractivity contribution is 5.83. The van der Waals surface area contributed by atoms with E-state index in [1.54, 1.807) is 6.33 Å². The van der Waals surface area contributed by atoms with Crippen molar-refractivity contribution >= 4 is 10.9 Å². The molecule has 0 N–H and O–H groups in total. The zero-order chi connectivity index (χ0) is 17.1. The summed E-state index contributed by atoms with van der Waals surface area (Å²) in [5.74, 6) is 0.745. The molecule has 0 spiro atoms. The third-order valence-corrected chi connectivity index (χ3v) is 5.56. The van der Waals surface area contributed by atoms with Gasteiger partial charge in [0, 0.05) is 19.1 Å². The van der Waals surface area contributed by atoms with Gasteiger partial charge < -0.3 is 9.47 Å². The van der Waals surface area contributed by atoms with E-state index >= 15 is 0 Å². The summed E-state index contributed by atoms with van der Waals surface area (Å²) in [6.07, 6.45) is 7.49. The molecule has 25 heavy (non-hydrogen) atoms. The molecule has 5 nitrogen and oxygen atoms in total. The van der Waals surface area contributed by atoms with Gasteiger partial charge in [-0.25, -0.2) is 9.97 Å². The molecule has 2 aromatic rings. The lowest BCUT2D eigenvalue weighted by atomic mass is 9.91. The van der Waals surface area contributed by atoms with Crippen LogP contribution in [0, 0.1) is 0 Å². The van der Waals surface area contributed by atoms with E-state index < -0.39 is 0 Å². The Kier molecular flexibility index (Phi) is 5.13. The van der Waals surface area contributed by atoms with E-state index in [1.807, 2.05) is 0 Å². The number of fused-ring (bicyclic) bond motifs is 1. The first-order chi connectivity index (χ1) is 12.3. The second-order valence-corrected chi connectivity index (χ2v) is 7.08. The Bertz CT molecular complexity index is 707. The molecule has 134 valence electrons. The van der Waals surface area contributed by atoms with Crippen LogP contribution >= 0.6 is 0 Å². The van der Waals surface area contributed by atoms with Crippen LogP contribution in [0.4, 0.5) is 0 Å². The Morgan fingerprint density at radius 3 is 2.68 bits per heavy atom. The summed E-state index contributed by atoms with van der Waals surface area (Å²) >= 11 is 0. The van der Waals surface area contributed by atoms with E-state index in [2.05, 4.69) is 40.0 Å². The van der Waals surface area contributed by atoms with Gasteiger partial charge in [0.2, 0.25) is 5.88 Å². The maximum Gasteiger partial charge on any atom is 0.224 e. The van der Waals surface area contributed by atoms with Crippen molar-refractivity contribution in [3.05, 3.63) is 30.1 Å². The summed E-state index contributed by atoms with van der Waals surface area (Å²) < 4.78 is 11.8. The van der Waals surface area contributed by atoms with Crippen molar-refractivity contribution in [2.45, 2.75) is 51.2 Å². The van der Waals surface area contributed by atoms with Crippen molar-refractivity contribution in [2.75, 3.05) is 26.3 Å². The van der Waals surface area contributed by atoms with Crippen molar-refractivity contribution < 1.29 is 9.47 Å². The molecule has 2 aliphatic rings. The van der Waals surface area contributed by atoms with Crippen LogP contribution < -0.4 is 4.74 Å². The van der Waals surface area contributed by atoms with Gasteiger partial charge in [0.1, 0.15) is 12.4 Å². The lowest BCUT2D eigenvalue weighted by Gasteiger charge is -2.38. The van der Waals surface area contributed by atoms with Crippen molar-refractivity contribution in [1.82, 2.24) is 14.9 Å². The summed E-state index contributed by atoms with van der Waals surface area (Å²) in [6.45, 7) is 6.07. The molecular weight excluding hydrogens is 314 g/mol. The van der Waals surface area contributed by atoms with Crippen LogP contribution in [0.3, 0.4) is 0 Å². The van der Waals surface area contributed by atoms with Crippen molar-refractivity contribution in [3.8, 4) is 5.88 Å². The second kappa shape index (κ2) is 7.67. The molecular formula is C20H27N3O2. The molecule has 1 aromatic carbocycles. The number of aromatic nitrogens is 2. The number of benzene rings is 1. The molecule has 0 radical (unpaired) electrons. The number of hydrogen-bond donors (Lipinski definition) is 0. The minimum Gasteiger partial charge on any atom is -0.474 e. The van der Waals surface area contributed by atoms with Crippen LogP contribution in [0.25, 0.3) is 10.9 Å². The van der Waals surface area contributed by atoms with Crippen molar-refractivity contribution in [3.63, 3.8) is 0 Å². The van der Waals surface area contributed by atoms with Crippen LogP contribution in [-0.4, -0.2) is 53.3 Å². The third kappa shape index (κ3) is 3.77. The molecule has 1 aliphatic carbocycles. The Morgan fingerprint density at radius 2 is 1.92 bits per heavy atom. The zero-order valence-corrected chi connectivity index (χ0v) is 15.0. The van der Waals surface area contributed by atoms with Crippen LogP contribution in [0.2, 0.25) is 0 Å². The number of ether oxygens (including phenoxy) is 2. The predicted octanol–water partition coefficient (Wildman–Crippen LogP) is 3.21. The maximum atomic E-state index is 6.31. The quantitative estimate of drug-likeness (QED) is 0.854. The lowest BCUT2D eigenvalue weighted by molar-refractivity contribution is -0.00126. The molecule has 0 amide bonds. The molecule has 1 saturated heterocycles. The fourth-order valence-electron chi connectivity index (χ4n) is 4.02. The van der Waals surface area contributed by atoms with Crippen LogP contribution in [-0.2, 0) is 11.2 Å². The van der Waals surface area contributed by atoms with E-state index in [0.717, 1.165) is 62.3 Å². The molecule has 2 heterocycles. The predicted molar refractivity (Wildman–Crippen MR) is 98.0 cm³/mol. The van der Waals surface area contributed by atoms with Crippen LogP contribution in [0.5, 0.6) is 5.88 Å². The fourth-order valence-corrected chi connectivity index (χ4v) is 4.02. The van der Waals surface area contributed by atoms with Gasteiger partial charge in [-0.2, -0.15) is 0 Å². The topological polar surface area (TPSA) is 47.5 Å². The van der Waals surface area contributed by atoms with Gasteiger partial charge in [0.25, 0.3) is 0 Å². The van der Waals surface area contributed by atoms with Gasteiger partial charge >= 0.3 is 0 Å². The Hall–Kier alpha value is -1.72. The summed E-state index contributed by atoms with van der Waals surface area (Å²) in [6, 6.07) is 7.06. The molecule has 0 atom stereocenters. The minimum absolute atomic E-state index is 0.265. The molecule has 5 heteroatoms. The molecule has 1 aromatic heterocycles. The van der Waals surface area contributed by atoms with Gasteiger partial charge in [-0.3, -0.25) is 4.90 Å². The van der Waals surface area contributed by atoms with E-state index in [4.69, 9.17) is 9.47 Å². The average molecular weight is 341 g/mol. The van der Waals surface area contributed by atoms with Crippen LogP contribution in [0.15, 0.2) is 24.5 Å². The van der Waals surface area contributed by atoms with Crippen LogP contribution in [0.1, 0.15) is 38.2 Å². The molecule has 2 fully saturated rings. The number of morpholine rings is 1. The van der Waals surface area contributed by atoms with Gasteiger partial charge in [-0.15, -0.1) is 0 Å². The smallest absolute Gasteiger partial charge is 0.224 e. The minimum atomic E-state index is 0.265. The third-order valence-electron chi connectivity index (χ3n) is 5.56. The van der Waals surface area contributed by atoms with E-state index in [0.29, 0.717) is 6.04 Å². The molecule has 1 saturated carbocycles. The monoisotopic (exact) mass is 341 g/mol. The zero-order valence-electron chi connectivity index (χ0n) is 15.0. The van der Waals surface area contributed by atoms with E-state index in [9.17, 15) is 0 Å². The standard InChI is InChI=1S/C20H27N3O2/c1-2-15-3-8-19-18(13-15)20(22-14-21-19)25-17-6-4-16(5-7-17)23-9-11-24-12-10-23/h3,8,13-14,16-17H,2,4-7,9-12H2,1H3/t16-,17-. The second-order valence-electron chi connectivity index (χ2n) is 7.08. The number of rotatable bonds is 4. The van der Waals surface area contributed by atoms with Crippen molar-refractivity contribution in [1.29, 1.82) is 0 Å². The number of hydrogen-bond acceptors (Lipinski definition) is 5. The number of nitrogens with zero attached hydrogens (tertiary/aromatic N) is 3. The largest absolute Gasteiger partial charge is 0.474 e. The Balaban J connectivity index is 1.42. The SMILES string of the molecule is CCc1ccc2ncnc(O[C@H]3CC[C@H](N4CCOCC4)CC3)c2c1. The Morgan fingerprint density at radius 1 is 1.12 bits per heavy atom. The molecule has 4 rings (SSSR count). The Labute approximate surface area is 149 Å². The molecule has 1 aliphatic heterocycles. The molecule has 0 unspecified atom stereocenters. The summed E-state index contributed by atoms with van der Waals surface area (Å²) in [4.78, 5) is 11.4. The highest BCUT2D eigenvalue weighted by Crippen LogP contribution is 2.29. The first-order valence-electron chi connectivity index (χ1n) is 9.55. The van der Waals surface area contributed by atoms with Gasteiger partial charge in [-0.1, -0.05) is 13.0 Å². The fraction of sp³-hybridized carbons (Fsp3) is 0.600. The number of aryl methyl sites for hydroxylation is 1. The summed E-state index contributed by atoms with van der Waals surface area (Å²) in [7, 11) is 0. The normalized spacial score (nSPS) is 25.2. The lowest BCUT2D eigenvalue weighted by Crippen LogP contribution is -2.46. The summed E-state index contributed by atoms with van der Waals surface area (Å²) in [5.41, 5.74) is 2.26. The van der Waals surface area contributed by atoms with Gasteiger partial charge in [-0.05, 0) is 49.8 Å². The van der Waals surface area contributed by atoms with Crippen molar-refractivity contribution in [2.24, 2.45) is 0 Å². The van der Waals surface area contributed by atoms with E-state index in [1.165, 1.54) is 18.4 Å². The first kappa shape index (κ1) is 16.7. The average Bonchev–Trinajstić information content (AvgIpc) is 2.69. The highest BCUT2D eigenvalue weighted by atomic mass is 16.5. The summed E-state index contributed by atoms with van der Waals surface area (Å²) in [5, 5.41) is 1.04. The molecule has 0 bridgehead atoms. The van der Waals surface area contributed by atoms with E-state index in [-0.39, 0.29) is 6.10 Å². The maximum absolute atomic E-state index is 6.31. The highest BCUT2D eigenvalue weighted by Gasteiger charge is 2.28.